The smallest absolute Gasteiger partial charge is 0.315 e. The average Bonchev–Trinajstić information content (AvgIpc) is 2.47. The number of hydrogen-bond donors (Lipinski definition) is 3. The number of ether oxygens (including phenoxy) is 2. The van der Waals surface area contributed by atoms with Gasteiger partial charge < -0.3 is 25.2 Å². The minimum Gasteiger partial charge on any atom is -0.481 e. The highest BCUT2D eigenvalue weighted by Crippen LogP contribution is 2.30. The van der Waals surface area contributed by atoms with Crippen LogP contribution in [0, 0.1) is 5.41 Å². The highest BCUT2D eigenvalue weighted by molar-refractivity contribution is 5.78. The maximum atomic E-state index is 11.8. The van der Waals surface area contributed by atoms with Crippen molar-refractivity contribution in [3.05, 3.63) is 0 Å². The zero-order valence-corrected chi connectivity index (χ0v) is 11.5. The van der Waals surface area contributed by atoms with Gasteiger partial charge in [-0.2, -0.15) is 0 Å². The molecule has 3 N–H and O–H groups in total. The van der Waals surface area contributed by atoms with Crippen molar-refractivity contribution >= 4 is 12.0 Å². The summed E-state index contributed by atoms with van der Waals surface area (Å²) in [5.74, 6) is -0.873. The lowest BCUT2D eigenvalue weighted by Crippen LogP contribution is -2.51. The van der Waals surface area contributed by atoms with Gasteiger partial charge in [-0.25, -0.2) is 4.79 Å². The highest BCUT2D eigenvalue weighted by atomic mass is 16.5. The summed E-state index contributed by atoms with van der Waals surface area (Å²) in [4.78, 5) is 23.2. The molecule has 2 fully saturated rings. The third-order valence-corrected chi connectivity index (χ3v) is 3.99. The van der Waals surface area contributed by atoms with Gasteiger partial charge in [-0.1, -0.05) is 0 Å². The molecule has 0 aliphatic carbocycles. The summed E-state index contributed by atoms with van der Waals surface area (Å²) in [5.41, 5.74) is -0.904. The fourth-order valence-electron chi connectivity index (χ4n) is 2.57. The first-order valence-corrected chi connectivity index (χ1v) is 7.06. The van der Waals surface area contributed by atoms with Gasteiger partial charge in [0.25, 0.3) is 0 Å². The number of carbonyl (C=O) groups excluding carboxylic acids is 1. The Morgan fingerprint density at radius 2 is 1.95 bits per heavy atom. The van der Waals surface area contributed by atoms with E-state index >= 15 is 0 Å². The normalized spacial score (nSPS) is 25.7. The number of nitrogens with one attached hydrogen (secondary N) is 2. The summed E-state index contributed by atoms with van der Waals surface area (Å²) in [6, 6.07) is -0.313. The Labute approximate surface area is 118 Å². The van der Waals surface area contributed by atoms with Crippen LogP contribution in [-0.2, 0) is 14.3 Å². The molecule has 0 bridgehead atoms. The van der Waals surface area contributed by atoms with Gasteiger partial charge >= 0.3 is 12.0 Å². The monoisotopic (exact) mass is 286 g/mol. The summed E-state index contributed by atoms with van der Waals surface area (Å²) in [6.45, 7) is 2.23. The van der Waals surface area contributed by atoms with E-state index in [1.807, 2.05) is 0 Å². The lowest BCUT2D eigenvalue weighted by atomic mass is 9.80. The van der Waals surface area contributed by atoms with Crippen molar-refractivity contribution in [2.24, 2.45) is 5.41 Å². The number of urea groups is 1. The lowest BCUT2D eigenvalue weighted by molar-refractivity contribution is -0.154. The van der Waals surface area contributed by atoms with Crippen LogP contribution >= 0.6 is 0 Å². The number of carboxylic acid groups (broad SMARTS) is 1. The van der Waals surface area contributed by atoms with Crippen molar-refractivity contribution < 1.29 is 24.2 Å². The van der Waals surface area contributed by atoms with Crippen molar-refractivity contribution in [3.63, 3.8) is 0 Å². The van der Waals surface area contributed by atoms with Gasteiger partial charge in [0, 0.05) is 26.4 Å². The first-order valence-electron chi connectivity index (χ1n) is 7.06. The van der Waals surface area contributed by atoms with Crippen LogP contribution in [0.3, 0.4) is 0 Å². The SMILES string of the molecule is O=C(NCC1(C(=O)O)CCOCC1)NC1CCCOC1. The van der Waals surface area contributed by atoms with E-state index in [4.69, 9.17) is 9.47 Å². The number of carboxylic acids is 1. The van der Waals surface area contributed by atoms with E-state index < -0.39 is 11.4 Å². The van der Waals surface area contributed by atoms with E-state index in [1.54, 1.807) is 0 Å². The van der Waals surface area contributed by atoms with Gasteiger partial charge in [-0.05, 0) is 25.7 Å². The molecule has 20 heavy (non-hydrogen) atoms. The number of rotatable bonds is 4. The number of amides is 2. The Morgan fingerprint density at radius 1 is 1.20 bits per heavy atom. The molecule has 0 radical (unpaired) electrons. The van der Waals surface area contributed by atoms with Crippen LogP contribution in [0.5, 0.6) is 0 Å². The molecule has 2 aliphatic rings. The molecule has 2 aliphatic heterocycles. The third kappa shape index (κ3) is 3.83. The third-order valence-electron chi connectivity index (χ3n) is 3.99. The second-order valence-electron chi connectivity index (χ2n) is 5.44. The van der Waals surface area contributed by atoms with Crippen LogP contribution in [0.25, 0.3) is 0 Å². The van der Waals surface area contributed by atoms with Gasteiger partial charge in [0.1, 0.15) is 0 Å². The maximum absolute atomic E-state index is 11.8. The van der Waals surface area contributed by atoms with Crippen molar-refractivity contribution in [2.75, 3.05) is 33.0 Å². The molecule has 7 nitrogen and oxygen atoms in total. The standard InChI is InChI=1S/C13H22N2O5/c16-11(17)13(3-6-19-7-4-13)9-14-12(18)15-10-2-1-5-20-8-10/h10H,1-9H2,(H,16,17)(H2,14,15,18). The molecule has 0 spiro atoms. The molecule has 0 aromatic carbocycles. The predicted octanol–water partition coefficient (Wildman–Crippen LogP) is 0.346. The molecule has 0 aromatic heterocycles. The molecule has 0 aromatic rings. The minimum absolute atomic E-state index is 0.0132. The summed E-state index contributed by atoms with van der Waals surface area (Å²) in [6.07, 6.45) is 2.68. The van der Waals surface area contributed by atoms with Crippen molar-refractivity contribution in [1.82, 2.24) is 10.6 Å². The van der Waals surface area contributed by atoms with Crippen molar-refractivity contribution in [2.45, 2.75) is 31.7 Å². The highest BCUT2D eigenvalue weighted by Gasteiger charge is 2.40. The molecule has 7 heteroatoms. The van der Waals surface area contributed by atoms with E-state index in [1.165, 1.54) is 0 Å². The first-order chi connectivity index (χ1) is 9.62. The van der Waals surface area contributed by atoms with Crippen LogP contribution in [0.4, 0.5) is 4.79 Å². The Bertz CT molecular complexity index is 349. The average molecular weight is 286 g/mol. The Kier molecular flexibility index (Phi) is 5.19. The van der Waals surface area contributed by atoms with Gasteiger partial charge in [0.15, 0.2) is 0 Å². The van der Waals surface area contributed by atoms with E-state index in [9.17, 15) is 14.7 Å². The lowest BCUT2D eigenvalue weighted by Gasteiger charge is -2.33. The molecule has 0 saturated carbocycles. The predicted molar refractivity (Wildman–Crippen MR) is 70.5 cm³/mol. The van der Waals surface area contributed by atoms with Gasteiger partial charge in [0.2, 0.25) is 0 Å². The van der Waals surface area contributed by atoms with Crippen LogP contribution in [0.15, 0.2) is 0 Å². The zero-order valence-electron chi connectivity index (χ0n) is 11.5. The topological polar surface area (TPSA) is 96.9 Å². The van der Waals surface area contributed by atoms with Crippen LogP contribution < -0.4 is 10.6 Å². The summed E-state index contributed by atoms with van der Waals surface area (Å²) in [7, 11) is 0. The van der Waals surface area contributed by atoms with Crippen LogP contribution in [-0.4, -0.2) is 56.1 Å². The quantitative estimate of drug-likeness (QED) is 0.692. The van der Waals surface area contributed by atoms with Crippen LogP contribution in [0.2, 0.25) is 0 Å². The minimum atomic E-state index is -0.904. The number of carbonyl (C=O) groups is 2. The molecule has 114 valence electrons. The van der Waals surface area contributed by atoms with E-state index in [0.29, 0.717) is 32.7 Å². The second kappa shape index (κ2) is 6.90. The molecule has 2 heterocycles. The molecule has 1 atom stereocenters. The van der Waals surface area contributed by atoms with Gasteiger partial charge in [-0.3, -0.25) is 4.79 Å². The fourth-order valence-corrected chi connectivity index (χ4v) is 2.57. The van der Waals surface area contributed by atoms with Gasteiger partial charge in [-0.15, -0.1) is 0 Å². The fraction of sp³-hybridized carbons (Fsp3) is 0.846. The first kappa shape index (κ1) is 15.1. The van der Waals surface area contributed by atoms with Crippen molar-refractivity contribution in [1.29, 1.82) is 0 Å². The Balaban J connectivity index is 1.79. The maximum Gasteiger partial charge on any atom is 0.315 e. The summed E-state index contributed by atoms with van der Waals surface area (Å²) < 4.78 is 10.5. The molecular formula is C13H22N2O5. The molecular weight excluding hydrogens is 264 g/mol. The Morgan fingerprint density at radius 3 is 2.55 bits per heavy atom. The summed E-state index contributed by atoms with van der Waals surface area (Å²) in [5, 5.41) is 14.9. The number of aliphatic carboxylic acids is 1. The second-order valence-corrected chi connectivity index (χ2v) is 5.44. The molecule has 2 amide bonds. The van der Waals surface area contributed by atoms with Gasteiger partial charge in [0.05, 0.1) is 18.1 Å². The summed E-state index contributed by atoms with van der Waals surface area (Å²) >= 11 is 0. The zero-order chi connectivity index (χ0) is 14.4. The Hall–Kier alpha value is -1.34. The van der Waals surface area contributed by atoms with E-state index in [2.05, 4.69) is 10.6 Å². The molecule has 2 rings (SSSR count). The van der Waals surface area contributed by atoms with E-state index in [0.717, 1.165) is 19.4 Å². The van der Waals surface area contributed by atoms with Crippen molar-refractivity contribution in [3.8, 4) is 0 Å². The largest absolute Gasteiger partial charge is 0.481 e. The van der Waals surface area contributed by atoms with Crippen LogP contribution in [0.1, 0.15) is 25.7 Å². The van der Waals surface area contributed by atoms with E-state index in [-0.39, 0.29) is 18.6 Å². The number of hydrogen-bond acceptors (Lipinski definition) is 4. The molecule has 2 saturated heterocycles. The molecule has 1 unspecified atom stereocenters.